The van der Waals surface area contributed by atoms with Crippen LogP contribution in [0.4, 0.5) is 0 Å². The third-order valence-electron chi connectivity index (χ3n) is 4.64. The Morgan fingerprint density at radius 1 is 1.25 bits per heavy atom. The fourth-order valence-corrected chi connectivity index (χ4v) is 4.01. The van der Waals surface area contributed by atoms with Gasteiger partial charge >= 0.3 is 0 Å². The molecule has 2 atom stereocenters. The lowest BCUT2D eigenvalue weighted by atomic mass is 9.88. The van der Waals surface area contributed by atoms with Gasteiger partial charge in [-0.2, -0.15) is 0 Å². The number of amides is 1. The van der Waals surface area contributed by atoms with Gasteiger partial charge in [0.1, 0.15) is 5.75 Å². The maximum atomic E-state index is 12.6. The standard InChI is InChI=1S/C19H23NO3S/c1-22-16-7-5-14(6-8-16)12-15-13-20(10-9-17(15)23-2)19(21)18-4-3-11-24-18/h3-8,11,15,17H,9-10,12-13H2,1-2H3/t15-,17+/m1/s1. The lowest BCUT2D eigenvalue weighted by molar-refractivity contribution is -0.00284. The number of carbonyl (C=O) groups excluding carboxylic acids is 1. The first kappa shape index (κ1) is 17.0. The molecule has 0 radical (unpaired) electrons. The van der Waals surface area contributed by atoms with Crippen LogP contribution in [0.1, 0.15) is 21.7 Å². The molecule has 1 fully saturated rings. The van der Waals surface area contributed by atoms with Crippen LogP contribution in [-0.4, -0.2) is 44.2 Å². The number of likely N-dealkylation sites (tertiary alicyclic amines) is 1. The van der Waals surface area contributed by atoms with Crippen LogP contribution in [0.15, 0.2) is 41.8 Å². The van der Waals surface area contributed by atoms with Gasteiger partial charge < -0.3 is 14.4 Å². The Kier molecular flexibility index (Phi) is 5.53. The van der Waals surface area contributed by atoms with E-state index >= 15 is 0 Å². The summed E-state index contributed by atoms with van der Waals surface area (Å²) in [6.07, 6.45) is 1.98. The first-order valence-corrected chi connectivity index (χ1v) is 9.07. The molecule has 0 aliphatic carbocycles. The summed E-state index contributed by atoms with van der Waals surface area (Å²) < 4.78 is 10.9. The highest BCUT2D eigenvalue weighted by atomic mass is 32.1. The number of nitrogens with zero attached hydrogens (tertiary/aromatic N) is 1. The van der Waals surface area contributed by atoms with Gasteiger partial charge in [-0.1, -0.05) is 18.2 Å². The van der Waals surface area contributed by atoms with E-state index in [0.717, 1.165) is 36.6 Å². The molecule has 1 aliphatic heterocycles. The van der Waals surface area contributed by atoms with Crippen molar-refractivity contribution in [3.63, 3.8) is 0 Å². The Morgan fingerprint density at radius 2 is 2.04 bits per heavy atom. The molecule has 1 aliphatic rings. The van der Waals surface area contributed by atoms with Crippen LogP contribution in [0, 0.1) is 5.92 Å². The largest absolute Gasteiger partial charge is 0.497 e. The third-order valence-corrected chi connectivity index (χ3v) is 5.50. The van der Waals surface area contributed by atoms with E-state index in [0.29, 0.717) is 5.92 Å². The highest BCUT2D eigenvalue weighted by molar-refractivity contribution is 7.12. The summed E-state index contributed by atoms with van der Waals surface area (Å²) in [7, 11) is 3.44. The summed E-state index contributed by atoms with van der Waals surface area (Å²) in [6.45, 7) is 1.50. The summed E-state index contributed by atoms with van der Waals surface area (Å²) >= 11 is 1.50. The molecule has 2 aromatic rings. The van der Waals surface area contributed by atoms with E-state index in [1.165, 1.54) is 16.9 Å². The topological polar surface area (TPSA) is 38.8 Å². The second-order valence-corrected chi connectivity index (χ2v) is 7.05. The summed E-state index contributed by atoms with van der Waals surface area (Å²) in [5.41, 5.74) is 1.24. The molecule has 4 nitrogen and oxygen atoms in total. The Hall–Kier alpha value is -1.85. The van der Waals surface area contributed by atoms with Crippen LogP contribution in [0.2, 0.25) is 0 Å². The van der Waals surface area contributed by atoms with Crippen LogP contribution in [0.25, 0.3) is 0 Å². The quantitative estimate of drug-likeness (QED) is 0.833. The molecule has 3 rings (SSSR count). The van der Waals surface area contributed by atoms with Gasteiger partial charge in [0.25, 0.3) is 5.91 Å². The van der Waals surface area contributed by atoms with Crippen LogP contribution >= 0.6 is 11.3 Å². The molecule has 0 unspecified atom stereocenters. The molecule has 2 heterocycles. The minimum Gasteiger partial charge on any atom is -0.497 e. The van der Waals surface area contributed by atoms with Crippen molar-refractivity contribution >= 4 is 17.2 Å². The molecule has 1 aromatic heterocycles. The number of thiophene rings is 1. The Labute approximate surface area is 147 Å². The van der Waals surface area contributed by atoms with Crippen molar-refractivity contribution in [1.29, 1.82) is 0 Å². The van der Waals surface area contributed by atoms with Gasteiger partial charge in [0.05, 0.1) is 18.1 Å². The first-order chi connectivity index (χ1) is 11.7. The van der Waals surface area contributed by atoms with Gasteiger partial charge in [-0.15, -0.1) is 11.3 Å². The Bertz CT molecular complexity index is 654. The molecule has 1 aromatic carbocycles. The molecule has 5 heteroatoms. The monoisotopic (exact) mass is 345 g/mol. The SMILES string of the molecule is COc1ccc(C[C@@H]2CN(C(=O)c3cccs3)CC[C@@H]2OC)cc1. The molecule has 24 heavy (non-hydrogen) atoms. The van der Waals surface area contributed by atoms with E-state index in [1.54, 1.807) is 14.2 Å². The average molecular weight is 345 g/mol. The second-order valence-electron chi connectivity index (χ2n) is 6.10. The predicted octanol–water partition coefficient (Wildman–Crippen LogP) is 3.48. The molecular formula is C19H23NO3S. The van der Waals surface area contributed by atoms with Crippen molar-refractivity contribution in [3.8, 4) is 5.75 Å². The maximum Gasteiger partial charge on any atom is 0.263 e. The van der Waals surface area contributed by atoms with E-state index in [4.69, 9.17) is 9.47 Å². The van der Waals surface area contributed by atoms with E-state index in [1.807, 2.05) is 34.5 Å². The summed E-state index contributed by atoms with van der Waals surface area (Å²) in [6, 6.07) is 12.0. The van der Waals surface area contributed by atoms with Crippen LogP contribution < -0.4 is 4.74 Å². The smallest absolute Gasteiger partial charge is 0.263 e. The summed E-state index contributed by atoms with van der Waals surface area (Å²) in [4.78, 5) is 15.4. The van der Waals surface area contributed by atoms with Crippen molar-refractivity contribution in [2.24, 2.45) is 5.92 Å². The number of piperidine rings is 1. The zero-order chi connectivity index (χ0) is 16.9. The predicted molar refractivity (Wildman–Crippen MR) is 95.8 cm³/mol. The summed E-state index contributed by atoms with van der Waals surface area (Å²) in [5.74, 6) is 1.31. The van der Waals surface area contributed by atoms with Crippen LogP contribution in [-0.2, 0) is 11.2 Å². The van der Waals surface area contributed by atoms with E-state index < -0.39 is 0 Å². The summed E-state index contributed by atoms with van der Waals surface area (Å²) in [5, 5.41) is 1.95. The minimum atomic E-state index is 0.138. The van der Waals surface area contributed by atoms with Crippen LogP contribution in [0.3, 0.4) is 0 Å². The van der Waals surface area contributed by atoms with Gasteiger partial charge in [-0.25, -0.2) is 0 Å². The number of benzene rings is 1. The van der Waals surface area contributed by atoms with Crippen LogP contribution in [0.5, 0.6) is 5.75 Å². The van der Waals surface area contributed by atoms with Crippen molar-refractivity contribution in [2.45, 2.75) is 18.9 Å². The van der Waals surface area contributed by atoms with Gasteiger partial charge in [0.15, 0.2) is 0 Å². The maximum absolute atomic E-state index is 12.6. The van der Waals surface area contributed by atoms with Gasteiger partial charge in [0, 0.05) is 26.1 Å². The number of carbonyl (C=O) groups is 1. The van der Waals surface area contributed by atoms with E-state index in [-0.39, 0.29) is 12.0 Å². The van der Waals surface area contributed by atoms with Crippen molar-refractivity contribution in [1.82, 2.24) is 4.90 Å². The third kappa shape index (κ3) is 3.79. The minimum absolute atomic E-state index is 0.138. The second kappa shape index (κ2) is 7.81. The molecule has 0 N–H and O–H groups in total. The fourth-order valence-electron chi connectivity index (χ4n) is 3.32. The zero-order valence-corrected chi connectivity index (χ0v) is 14.9. The number of ether oxygens (including phenoxy) is 2. The normalized spacial score (nSPS) is 20.8. The molecule has 0 spiro atoms. The lowest BCUT2D eigenvalue weighted by Gasteiger charge is -2.38. The number of rotatable bonds is 5. The zero-order valence-electron chi connectivity index (χ0n) is 14.1. The number of hydrogen-bond acceptors (Lipinski definition) is 4. The van der Waals surface area contributed by atoms with Gasteiger partial charge in [0.2, 0.25) is 0 Å². The van der Waals surface area contributed by atoms with Gasteiger partial charge in [-0.3, -0.25) is 4.79 Å². The first-order valence-electron chi connectivity index (χ1n) is 8.19. The molecule has 0 bridgehead atoms. The van der Waals surface area contributed by atoms with Gasteiger partial charge in [-0.05, 0) is 42.0 Å². The number of methoxy groups -OCH3 is 2. The van der Waals surface area contributed by atoms with Crippen molar-refractivity contribution < 1.29 is 14.3 Å². The average Bonchev–Trinajstić information content (AvgIpc) is 3.16. The lowest BCUT2D eigenvalue weighted by Crippen LogP contribution is -2.47. The molecule has 1 saturated heterocycles. The Morgan fingerprint density at radius 3 is 2.67 bits per heavy atom. The van der Waals surface area contributed by atoms with Crippen molar-refractivity contribution in [3.05, 3.63) is 52.2 Å². The van der Waals surface area contributed by atoms with E-state index in [2.05, 4.69) is 12.1 Å². The molecule has 1 amide bonds. The highest BCUT2D eigenvalue weighted by Crippen LogP contribution is 2.26. The van der Waals surface area contributed by atoms with E-state index in [9.17, 15) is 4.79 Å². The number of hydrogen-bond donors (Lipinski definition) is 0. The molecule has 128 valence electrons. The molecular weight excluding hydrogens is 322 g/mol. The molecule has 0 saturated carbocycles. The van der Waals surface area contributed by atoms with Crippen molar-refractivity contribution in [2.75, 3.05) is 27.3 Å². The fraction of sp³-hybridized carbons (Fsp3) is 0.421. The Balaban J connectivity index is 1.69. The highest BCUT2D eigenvalue weighted by Gasteiger charge is 2.32.